The molecular formula is C19H21N5O4. The van der Waals surface area contributed by atoms with Crippen molar-refractivity contribution >= 4 is 29.0 Å². The van der Waals surface area contributed by atoms with E-state index in [0.717, 1.165) is 5.56 Å². The van der Waals surface area contributed by atoms with E-state index in [1.54, 1.807) is 35.4 Å². The molecule has 0 unspecified atom stereocenters. The second-order valence-corrected chi connectivity index (χ2v) is 6.63. The summed E-state index contributed by atoms with van der Waals surface area (Å²) in [4.78, 5) is 42.7. The molecule has 0 saturated carbocycles. The first-order valence-electron chi connectivity index (χ1n) is 8.88. The Labute approximate surface area is 162 Å². The van der Waals surface area contributed by atoms with Crippen molar-refractivity contribution in [2.75, 3.05) is 36.4 Å². The number of nitrogens with zero attached hydrogens (tertiary/aromatic N) is 4. The molecule has 1 aromatic carbocycles. The Morgan fingerprint density at radius 2 is 1.86 bits per heavy atom. The lowest BCUT2D eigenvalue weighted by atomic mass is 10.1. The summed E-state index contributed by atoms with van der Waals surface area (Å²) in [6.07, 6.45) is 1.58. The van der Waals surface area contributed by atoms with E-state index < -0.39 is 10.8 Å². The first-order chi connectivity index (χ1) is 13.3. The first kappa shape index (κ1) is 19.3. The molecule has 0 aliphatic carbocycles. The van der Waals surface area contributed by atoms with Crippen LogP contribution in [0.4, 0.5) is 17.2 Å². The van der Waals surface area contributed by atoms with E-state index in [1.165, 1.54) is 13.0 Å². The standard InChI is InChI=1S/C19H21N5O4/c1-13-5-6-20-18(11-13)21-19(26)15-3-4-16(17(12-15)24(27)28)23-9-7-22(8-10-23)14(2)25/h3-6,11-12H,7-10H2,1-2H3,(H,20,21,26). The number of rotatable bonds is 4. The van der Waals surface area contributed by atoms with E-state index in [-0.39, 0.29) is 17.2 Å². The summed E-state index contributed by atoms with van der Waals surface area (Å²) in [6.45, 7) is 5.40. The summed E-state index contributed by atoms with van der Waals surface area (Å²) in [6, 6.07) is 7.94. The number of piperazine rings is 1. The Bertz CT molecular complexity index is 922. The van der Waals surface area contributed by atoms with Gasteiger partial charge in [-0.15, -0.1) is 0 Å². The Balaban J connectivity index is 1.80. The van der Waals surface area contributed by atoms with Gasteiger partial charge >= 0.3 is 0 Å². The Kier molecular flexibility index (Phi) is 5.53. The van der Waals surface area contributed by atoms with Crippen molar-refractivity contribution in [2.45, 2.75) is 13.8 Å². The molecule has 1 aromatic heterocycles. The van der Waals surface area contributed by atoms with Crippen LogP contribution >= 0.6 is 0 Å². The molecule has 0 spiro atoms. The van der Waals surface area contributed by atoms with Gasteiger partial charge in [0, 0.05) is 50.9 Å². The van der Waals surface area contributed by atoms with E-state index in [1.807, 2.05) is 11.8 Å². The predicted octanol–water partition coefficient (Wildman–Crippen LogP) is 2.22. The number of nitro benzene ring substituents is 1. The highest BCUT2D eigenvalue weighted by Gasteiger charge is 2.26. The molecule has 1 fully saturated rings. The van der Waals surface area contributed by atoms with Gasteiger partial charge in [-0.1, -0.05) is 0 Å². The van der Waals surface area contributed by atoms with Gasteiger partial charge in [0.15, 0.2) is 0 Å². The maximum Gasteiger partial charge on any atom is 0.293 e. The third kappa shape index (κ3) is 4.25. The fourth-order valence-corrected chi connectivity index (χ4v) is 3.13. The number of aromatic nitrogens is 1. The zero-order valence-corrected chi connectivity index (χ0v) is 15.7. The number of nitro groups is 1. The topological polar surface area (TPSA) is 109 Å². The van der Waals surface area contributed by atoms with E-state index in [0.29, 0.717) is 37.7 Å². The lowest BCUT2D eigenvalue weighted by molar-refractivity contribution is -0.384. The highest BCUT2D eigenvalue weighted by molar-refractivity contribution is 6.04. The second kappa shape index (κ2) is 8.03. The second-order valence-electron chi connectivity index (χ2n) is 6.63. The van der Waals surface area contributed by atoms with Gasteiger partial charge in [-0.3, -0.25) is 19.7 Å². The molecule has 2 amide bonds. The van der Waals surface area contributed by atoms with E-state index in [4.69, 9.17) is 0 Å². The van der Waals surface area contributed by atoms with Crippen LogP contribution in [0.1, 0.15) is 22.8 Å². The van der Waals surface area contributed by atoms with E-state index in [9.17, 15) is 19.7 Å². The minimum atomic E-state index is -0.492. The quantitative estimate of drug-likeness (QED) is 0.640. The summed E-state index contributed by atoms with van der Waals surface area (Å²) >= 11 is 0. The number of aryl methyl sites for hydroxylation is 1. The SMILES string of the molecule is CC(=O)N1CCN(c2ccc(C(=O)Nc3cc(C)ccn3)cc2[N+](=O)[O-])CC1. The fraction of sp³-hybridized carbons (Fsp3) is 0.316. The number of hydrogen-bond acceptors (Lipinski definition) is 6. The minimum absolute atomic E-state index is 0.00840. The highest BCUT2D eigenvalue weighted by atomic mass is 16.6. The maximum atomic E-state index is 12.5. The molecule has 146 valence electrons. The van der Waals surface area contributed by atoms with Crippen molar-refractivity contribution in [3.8, 4) is 0 Å². The van der Waals surface area contributed by atoms with Gasteiger partial charge in [0.2, 0.25) is 5.91 Å². The van der Waals surface area contributed by atoms with Crippen LogP contribution in [0.5, 0.6) is 0 Å². The van der Waals surface area contributed by atoms with Crippen molar-refractivity contribution in [1.29, 1.82) is 0 Å². The van der Waals surface area contributed by atoms with Crippen molar-refractivity contribution in [3.63, 3.8) is 0 Å². The van der Waals surface area contributed by atoms with Crippen molar-refractivity contribution in [3.05, 3.63) is 57.8 Å². The summed E-state index contributed by atoms with van der Waals surface area (Å²) in [5, 5.41) is 14.2. The van der Waals surface area contributed by atoms with Crippen LogP contribution in [0.25, 0.3) is 0 Å². The molecule has 1 saturated heterocycles. The molecular weight excluding hydrogens is 362 g/mol. The fourth-order valence-electron chi connectivity index (χ4n) is 3.13. The molecule has 1 N–H and O–H groups in total. The predicted molar refractivity (Wildman–Crippen MR) is 104 cm³/mol. The maximum absolute atomic E-state index is 12.5. The molecule has 2 heterocycles. The van der Waals surface area contributed by atoms with Gasteiger partial charge in [-0.2, -0.15) is 0 Å². The normalized spacial score (nSPS) is 13.9. The van der Waals surface area contributed by atoms with Gasteiger partial charge in [0.25, 0.3) is 11.6 Å². The lowest BCUT2D eigenvalue weighted by Gasteiger charge is -2.35. The minimum Gasteiger partial charge on any atom is -0.362 e. The summed E-state index contributed by atoms with van der Waals surface area (Å²) in [7, 11) is 0. The molecule has 3 rings (SSSR count). The third-order valence-corrected chi connectivity index (χ3v) is 4.66. The van der Waals surface area contributed by atoms with Crippen LogP contribution in [-0.2, 0) is 4.79 Å². The molecule has 9 heteroatoms. The Morgan fingerprint density at radius 1 is 1.14 bits per heavy atom. The van der Waals surface area contributed by atoms with E-state index >= 15 is 0 Å². The number of benzene rings is 1. The average Bonchev–Trinajstić information content (AvgIpc) is 2.67. The Hall–Kier alpha value is -3.49. The molecule has 9 nitrogen and oxygen atoms in total. The number of hydrogen-bond donors (Lipinski definition) is 1. The first-order valence-corrected chi connectivity index (χ1v) is 8.88. The zero-order valence-electron chi connectivity index (χ0n) is 15.7. The lowest BCUT2D eigenvalue weighted by Crippen LogP contribution is -2.48. The van der Waals surface area contributed by atoms with Crippen LogP contribution < -0.4 is 10.2 Å². The van der Waals surface area contributed by atoms with Gasteiger partial charge < -0.3 is 15.1 Å². The molecule has 28 heavy (non-hydrogen) atoms. The number of carbonyl (C=O) groups is 2. The van der Waals surface area contributed by atoms with Crippen LogP contribution in [0.15, 0.2) is 36.5 Å². The van der Waals surface area contributed by atoms with Crippen LogP contribution in [0.3, 0.4) is 0 Å². The molecule has 1 aliphatic rings. The number of amides is 2. The van der Waals surface area contributed by atoms with Crippen molar-refractivity contribution in [1.82, 2.24) is 9.88 Å². The molecule has 0 atom stereocenters. The summed E-state index contributed by atoms with van der Waals surface area (Å²) in [5.74, 6) is -0.0860. The molecule has 0 radical (unpaired) electrons. The average molecular weight is 383 g/mol. The van der Waals surface area contributed by atoms with Gasteiger partial charge in [-0.05, 0) is 36.8 Å². The molecule has 0 bridgehead atoms. The van der Waals surface area contributed by atoms with Crippen LogP contribution in [-0.4, -0.2) is 52.8 Å². The number of nitrogens with one attached hydrogen (secondary N) is 1. The van der Waals surface area contributed by atoms with Crippen molar-refractivity contribution < 1.29 is 14.5 Å². The molecule has 1 aliphatic heterocycles. The smallest absolute Gasteiger partial charge is 0.293 e. The molecule has 2 aromatic rings. The third-order valence-electron chi connectivity index (χ3n) is 4.66. The van der Waals surface area contributed by atoms with Gasteiger partial charge in [0.05, 0.1) is 4.92 Å². The van der Waals surface area contributed by atoms with Crippen LogP contribution in [0, 0.1) is 17.0 Å². The van der Waals surface area contributed by atoms with Crippen molar-refractivity contribution in [2.24, 2.45) is 0 Å². The zero-order chi connectivity index (χ0) is 20.3. The number of anilines is 2. The summed E-state index contributed by atoms with van der Waals surface area (Å²) < 4.78 is 0. The number of carbonyl (C=O) groups excluding carboxylic acids is 2. The highest BCUT2D eigenvalue weighted by Crippen LogP contribution is 2.30. The van der Waals surface area contributed by atoms with Gasteiger partial charge in [-0.25, -0.2) is 4.98 Å². The Morgan fingerprint density at radius 3 is 2.46 bits per heavy atom. The summed E-state index contributed by atoms with van der Waals surface area (Å²) in [5.41, 5.74) is 1.43. The monoisotopic (exact) mass is 383 g/mol. The number of pyridine rings is 1. The largest absolute Gasteiger partial charge is 0.362 e. The van der Waals surface area contributed by atoms with Crippen LogP contribution in [0.2, 0.25) is 0 Å². The van der Waals surface area contributed by atoms with Gasteiger partial charge in [0.1, 0.15) is 11.5 Å². The van der Waals surface area contributed by atoms with E-state index in [2.05, 4.69) is 10.3 Å².